The van der Waals surface area contributed by atoms with E-state index in [1.807, 2.05) is 42.6 Å². The summed E-state index contributed by atoms with van der Waals surface area (Å²) in [4.78, 5) is 8.49. The van der Waals surface area contributed by atoms with Crippen LogP contribution < -0.4 is 10.1 Å². The number of rotatable bonds is 10. The number of unbranched alkanes of at least 4 members (excludes halogenated alkanes) is 3. The minimum atomic E-state index is 0.616. The van der Waals surface area contributed by atoms with Gasteiger partial charge in [0.1, 0.15) is 11.6 Å². The number of nitriles is 1. The van der Waals surface area contributed by atoms with Gasteiger partial charge in [-0.1, -0.05) is 18.0 Å². The monoisotopic (exact) mass is 370 g/mol. The van der Waals surface area contributed by atoms with Crippen LogP contribution in [0.5, 0.6) is 5.75 Å². The van der Waals surface area contributed by atoms with E-state index in [1.165, 1.54) is 0 Å². The van der Waals surface area contributed by atoms with Gasteiger partial charge in [0.05, 0.1) is 6.61 Å². The Kier molecular flexibility index (Phi) is 9.02. The van der Waals surface area contributed by atoms with Crippen molar-refractivity contribution in [3.63, 3.8) is 0 Å². The van der Waals surface area contributed by atoms with E-state index in [1.54, 1.807) is 12.4 Å². The van der Waals surface area contributed by atoms with Gasteiger partial charge in [-0.15, -0.1) is 0 Å². The van der Waals surface area contributed by atoms with Crippen LogP contribution in [0.25, 0.3) is 0 Å². The highest BCUT2D eigenvalue weighted by Gasteiger charge is 2.00. The van der Waals surface area contributed by atoms with Crippen LogP contribution in [0.4, 0.5) is 0 Å². The Balaban J connectivity index is 1.59. The van der Waals surface area contributed by atoms with Crippen LogP contribution in [0.2, 0.25) is 5.02 Å². The molecular formula is C20H23ClN4O. The van der Waals surface area contributed by atoms with Crippen molar-refractivity contribution >= 4 is 17.4 Å². The lowest BCUT2D eigenvalue weighted by Crippen LogP contribution is -2.21. The topological polar surface area (TPSA) is 70.3 Å². The van der Waals surface area contributed by atoms with E-state index < -0.39 is 0 Å². The highest BCUT2D eigenvalue weighted by atomic mass is 35.5. The average molecular weight is 371 g/mol. The molecule has 136 valence electrons. The number of aliphatic imine (C=N–C) groups is 1. The van der Waals surface area contributed by atoms with Crippen molar-refractivity contribution < 1.29 is 4.74 Å². The third-order valence-electron chi connectivity index (χ3n) is 3.76. The number of amidine groups is 1. The fourth-order valence-corrected chi connectivity index (χ4v) is 2.53. The van der Waals surface area contributed by atoms with Crippen LogP contribution in [0.1, 0.15) is 31.2 Å². The summed E-state index contributed by atoms with van der Waals surface area (Å²) in [5.41, 5.74) is 1.08. The molecule has 0 saturated heterocycles. The number of halogens is 1. The molecular weight excluding hydrogens is 348 g/mol. The quantitative estimate of drug-likeness (QED) is 0.221. The molecule has 1 aromatic carbocycles. The second-order valence-corrected chi connectivity index (χ2v) is 6.25. The van der Waals surface area contributed by atoms with E-state index in [0.29, 0.717) is 30.4 Å². The second kappa shape index (κ2) is 11.9. The van der Waals surface area contributed by atoms with Gasteiger partial charge in [0.25, 0.3) is 0 Å². The lowest BCUT2D eigenvalue weighted by molar-refractivity contribution is 0.305. The summed E-state index contributed by atoms with van der Waals surface area (Å²) in [6.45, 7) is 1.42. The molecule has 0 fully saturated rings. The Morgan fingerprint density at radius 3 is 2.54 bits per heavy atom. The molecule has 0 unspecified atom stereocenters. The van der Waals surface area contributed by atoms with E-state index in [0.717, 1.165) is 37.0 Å². The number of aromatic nitrogens is 1. The van der Waals surface area contributed by atoms with Crippen molar-refractivity contribution in [3.8, 4) is 11.9 Å². The summed E-state index contributed by atoms with van der Waals surface area (Å²) in [6, 6.07) is 11.3. The SMILES string of the molecule is N#CNC(Cc1ccncc1)=NCCCCCCOc1ccc(Cl)cc1. The maximum Gasteiger partial charge on any atom is 0.182 e. The Morgan fingerprint density at radius 1 is 1.08 bits per heavy atom. The van der Waals surface area contributed by atoms with Crippen LogP contribution in [0.3, 0.4) is 0 Å². The van der Waals surface area contributed by atoms with Crippen molar-refractivity contribution in [2.45, 2.75) is 32.1 Å². The standard InChI is InChI=1S/C20H23ClN4O/c21-18-5-7-19(8-6-18)26-14-4-2-1-3-11-24-20(25-16-22)15-17-9-12-23-13-10-17/h5-10,12-13H,1-4,11,14-15H2,(H,24,25). The molecule has 0 atom stereocenters. The zero-order valence-corrected chi connectivity index (χ0v) is 15.5. The van der Waals surface area contributed by atoms with Crippen molar-refractivity contribution in [1.82, 2.24) is 10.3 Å². The maximum absolute atomic E-state index is 8.85. The number of hydrogen-bond donors (Lipinski definition) is 1. The average Bonchev–Trinajstić information content (AvgIpc) is 2.66. The highest BCUT2D eigenvalue weighted by Crippen LogP contribution is 2.15. The number of ether oxygens (including phenoxy) is 1. The lowest BCUT2D eigenvalue weighted by Gasteiger charge is -2.06. The zero-order chi connectivity index (χ0) is 18.5. The van der Waals surface area contributed by atoms with Gasteiger partial charge in [0.2, 0.25) is 0 Å². The molecule has 0 aliphatic heterocycles. The Hall–Kier alpha value is -2.58. The van der Waals surface area contributed by atoms with E-state index in [2.05, 4.69) is 15.3 Å². The zero-order valence-electron chi connectivity index (χ0n) is 14.7. The molecule has 26 heavy (non-hydrogen) atoms. The van der Waals surface area contributed by atoms with Gasteiger partial charge in [-0.3, -0.25) is 15.3 Å². The van der Waals surface area contributed by atoms with Crippen molar-refractivity contribution in [2.75, 3.05) is 13.2 Å². The third kappa shape index (κ3) is 8.00. The van der Waals surface area contributed by atoms with Gasteiger partial charge >= 0.3 is 0 Å². The molecule has 0 saturated carbocycles. The molecule has 5 nitrogen and oxygen atoms in total. The molecule has 1 aromatic heterocycles. The van der Waals surface area contributed by atoms with Crippen molar-refractivity contribution in [3.05, 3.63) is 59.4 Å². The predicted octanol–water partition coefficient (Wildman–Crippen LogP) is 4.39. The van der Waals surface area contributed by atoms with Crippen molar-refractivity contribution in [2.24, 2.45) is 4.99 Å². The summed E-state index contributed by atoms with van der Waals surface area (Å²) < 4.78 is 5.67. The Morgan fingerprint density at radius 2 is 1.81 bits per heavy atom. The second-order valence-electron chi connectivity index (χ2n) is 5.81. The first-order valence-electron chi connectivity index (χ1n) is 8.73. The number of nitrogens with zero attached hydrogens (tertiary/aromatic N) is 3. The molecule has 0 spiro atoms. The van der Waals surface area contributed by atoms with Crippen LogP contribution in [-0.4, -0.2) is 24.0 Å². The van der Waals surface area contributed by atoms with Crippen LogP contribution in [-0.2, 0) is 6.42 Å². The normalized spacial score (nSPS) is 11.0. The van der Waals surface area contributed by atoms with Gasteiger partial charge in [0, 0.05) is 30.4 Å². The van der Waals surface area contributed by atoms with E-state index in [9.17, 15) is 0 Å². The fourth-order valence-electron chi connectivity index (χ4n) is 2.40. The van der Waals surface area contributed by atoms with Crippen molar-refractivity contribution in [1.29, 1.82) is 5.26 Å². The summed E-state index contributed by atoms with van der Waals surface area (Å²) in [7, 11) is 0. The number of pyridine rings is 1. The molecule has 0 bridgehead atoms. The summed E-state index contributed by atoms with van der Waals surface area (Å²) >= 11 is 5.84. The first-order chi connectivity index (χ1) is 12.8. The maximum atomic E-state index is 8.85. The smallest absolute Gasteiger partial charge is 0.182 e. The molecule has 0 radical (unpaired) electrons. The molecule has 0 aliphatic carbocycles. The molecule has 0 aliphatic rings. The fraction of sp³-hybridized carbons (Fsp3) is 0.350. The highest BCUT2D eigenvalue weighted by molar-refractivity contribution is 6.30. The Bertz CT molecular complexity index is 711. The number of benzene rings is 1. The molecule has 1 heterocycles. The summed E-state index contributed by atoms with van der Waals surface area (Å²) in [5.74, 6) is 1.55. The van der Waals surface area contributed by atoms with E-state index in [4.69, 9.17) is 21.6 Å². The van der Waals surface area contributed by atoms with Gasteiger partial charge in [-0.05, 0) is 61.2 Å². The number of nitrogens with one attached hydrogen (secondary N) is 1. The lowest BCUT2D eigenvalue weighted by atomic mass is 10.2. The molecule has 6 heteroatoms. The summed E-state index contributed by atoms with van der Waals surface area (Å²) in [6.07, 6.45) is 10.2. The first kappa shape index (κ1) is 19.7. The van der Waals surface area contributed by atoms with Crippen LogP contribution in [0.15, 0.2) is 53.8 Å². The molecule has 2 rings (SSSR count). The number of hydrogen-bond acceptors (Lipinski definition) is 4. The van der Waals surface area contributed by atoms with Crippen LogP contribution >= 0.6 is 11.6 Å². The molecule has 0 amide bonds. The van der Waals surface area contributed by atoms with E-state index >= 15 is 0 Å². The molecule has 1 N–H and O–H groups in total. The largest absolute Gasteiger partial charge is 0.494 e. The van der Waals surface area contributed by atoms with Gasteiger partial charge in [-0.25, -0.2) is 0 Å². The molecule has 2 aromatic rings. The van der Waals surface area contributed by atoms with E-state index in [-0.39, 0.29) is 0 Å². The third-order valence-corrected chi connectivity index (χ3v) is 4.01. The first-order valence-corrected chi connectivity index (χ1v) is 9.11. The predicted molar refractivity (Wildman–Crippen MR) is 104 cm³/mol. The summed E-state index contributed by atoms with van der Waals surface area (Å²) in [5, 5.41) is 12.2. The van der Waals surface area contributed by atoms with Gasteiger partial charge in [0.15, 0.2) is 6.19 Å². The minimum absolute atomic E-state index is 0.616. The minimum Gasteiger partial charge on any atom is -0.494 e. The van der Waals surface area contributed by atoms with Crippen LogP contribution in [0, 0.1) is 11.5 Å². The van der Waals surface area contributed by atoms with Gasteiger partial charge in [-0.2, -0.15) is 5.26 Å². The van der Waals surface area contributed by atoms with Gasteiger partial charge < -0.3 is 4.74 Å². The Labute approximate surface area is 159 Å².